The first-order valence-corrected chi connectivity index (χ1v) is 20.4. The molecule has 16 heteroatoms. The number of carbonyl (C=O) groups excluding carboxylic acids is 7. The van der Waals surface area contributed by atoms with Crippen molar-refractivity contribution in [2.75, 3.05) is 27.8 Å². The van der Waals surface area contributed by atoms with Crippen LogP contribution in [0.1, 0.15) is 85.6 Å². The molecule has 1 aromatic rings. The van der Waals surface area contributed by atoms with Crippen molar-refractivity contribution in [3.8, 4) is 5.75 Å². The van der Waals surface area contributed by atoms with E-state index in [1.807, 2.05) is 13.8 Å². The number of Topliss-reactive ketones (excluding diaryl/α,β-unsaturated/α-hetero) is 1. The second-order valence-corrected chi connectivity index (χ2v) is 16.6. The summed E-state index contributed by atoms with van der Waals surface area (Å²) in [4.78, 5) is 101. The van der Waals surface area contributed by atoms with Crippen molar-refractivity contribution < 1.29 is 52.5 Å². The second kappa shape index (κ2) is 20.4. The fraction of sp³-hybridized carbons (Fsp3) is 0.690. The zero-order valence-corrected chi connectivity index (χ0v) is 35.4. The molecule has 1 aromatic carbocycles. The van der Waals surface area contributed by atoms with Crippen LogP contribution in [0, 0.1) is 23.7 Å². The number of hydrogen-bond donors (Lipinski definition) is 3. The zero-order valence-electron chi connectivity index (χ0n) is 35.4. The lowest BCUT2D eigenvalue weighted by Crippen LogP contribution is -2.58. The standard InChI is InChI=1S/C42H63N5O11/c1-22(2)20-30-39(51)47-19-11-14-31(47)40(52)46(7)32(21-26-15-17-27(55-8)18-16-26)42(54)57-25(6)33(43)38(50)44-29-13-10-12-28(36(29)56-9)41(53)58-35(23(3)4)34(48)24(5)37(49)45-30/h15-18,22-25,28-33,35-36H,10-14,19-21,43H2,1-9H3,(H,44,50)(H,45,49)/t24-,25+,28-,29?,30-,31-,32-,33-,35-,36-/m0/s1. The highest BCUT2D eigenvalue weighted by Crippen LogP contribution is 2.30. The number of nitrogens with zero attached hydrogens (tertiary/aromatic N) is 2. The third-order valence-electron chi connectivity index (χ3n) is 11.6. The number of hydrogen-bond acceptors (Lipinski definition) is 12. The SMILES string of the molecule is COc1ccc(C[C@H]2C(=O)O[C@H](C)[C@H](N)C(=O)NC3CCC[C@H](C(=O)O[C@@H](C(C)C)C(=O)[C@H](C)C(=O)N[C@@H](CC(C)C)C(=O)N4CCC[C@H]4C(=O)N2C)[C@@H]3OC)cc1. The van der Waals surface area contributed by atoms with Gasteiger partial charge in [-0.1, -0.05) is 46.2 Å². The molecule has 1 saturated carbocycles. The number of benzene rings is 1. The minimum absolute atomic E-state index is 0.0320. The van der Waals surface area contributed by atoms with Crippen molar-refractivity contribution in [3.05, 3.63) is 29.8 Å². The molecule has 2 saturated heterocycles. The van der Waals surface area contributed by atoms with Gasteiger partial charge in [0.1, 0.15) is 36.0 Å². The van der Waals surface area contributed by atoms with Crippen LogP contribution in [0.2, 0.25) is 0 Å². The van der Waals surface area contributed by atoms with Gasteiger partial charge in [-0.05, 0) is 75.5 Å². The number of fused-ring (bicyclic) bond motifs is 3. The Balaban J connectivity index is 1.75. The Morgan fingerprint density at radius 2 is 1.52 bits per heavy atom. The topological polar surface area (TPSA) is 213 Å². The molecule has 4 N–H and O–H groups in total. The maximum atomic E-state index is 14.4. The highest BCUT2D eigenvalue weighted by Gasteiger charge is 2.45. The Kier molecular flexibility index (Phi) is 16.2. The van der Waals surface area contributed by atoms with E-state index in [1.54, 1.807) is 38.1 Å². The largest absolute Gasteiger partial charge is 0.497 e. The Morgan fingerprint density at radius 1 is 0.845 bits per heavy atom. The molecular formula is C42H63N5O11. The number of ether oxygens (including phenoxy) is 4. The van der Waals surface area contributed by atoms with Crippen molar-refractivity contribution in [2.24, 2.45) is 29.4 Å². The Labute approximate surface area is 341 Å². The van der Waals surface area contributed by atoms with Gasteiger partial charge in [0, 0.05) is 27.1 Å². The molecule has 0 spiro atoms. The fourth-order valence-electron chi connectivity index (χ4n) is 8.07. The van der Waals surface area contributed by atoms with E-state index in [1.165, 1.54) is 44.9 Å². The minimum atomic E-state index is -1.34. The number of esters is 2. The van der Waals surface area contributed by atoms with Crippen molar-refractivity contribution in [2.45, 2.75) is 135 Å². The summed E-state index contributed by atoms with van der Waals surface area (Å²) in [7, 11) is 4.41. The van der Waals surface area contributed by atoms with E-state index in [9.17, 15) is 33.6 Å². The quantitative estimate of drug-likeness (QED) is 0.266. The third kappa shape index (κ3) is 10.9. The van der Waals surface area contributed by atoms with Gasteiger partial charge in [0.05, 0.1) is 31.1 Å². The molecule has 1 unspecified atom stereocenters. The fourth-order valence-corrected chi connectivity index (χ4v) is 8.07. The van der Waals surface area contributed by atoms with E-state index < -0.39 is 108 Å². The average molecular weight is 814 g/mol. The van der Waals surface area contributed by atoms with Crippen molar-refractivity contribution in [3.63, 3.8) is 0 Å². The molecule has 1 aliphatic carbocycles. The number of likely N-dealkylation sites (N-methyl/N-ethyl adjacent to an activating group) is 1. The number of rotatable bonds is 7. The normalized spacial score (nSPS) is 31.4. The molecule has 0 aromatic heterocycles. The van der Waals surface area contributed by atoms with Gasteiger partial charge in [-0.25, -0.2) is 4.79 Å². The summed E-state index contributed by atoms with van der Waals surface area (Å²) >= 11 is 0. The van der Waals surface area contributed by atoms with Gasteiger partial charge < -0.3 is 45.1 Å². The van der Waals surface area contributed by atoms with E-state index in [0.717, 1.165) is 0 Å². The molecule has 2 aliphatic heterocycles. The van der Waals surface area contributed by atoms with E-state index >= 15 is 0 Å². The zero-order chi connectivity index (χ0) is 43.0. The van der Waals surface area contributed by atoms with Gasteiger partial charge in [-0.2, -0.15) is 0 Å². The predicted molar refractivity (Wildman–Crippen MR) is 212 cm³/mol. The van der Waals surface area contributed by atoms with E-state index in [0.29, 0.717) is 43.4 Å². The molecular weight excluding hydrogens is 750 g/mol. The lowest BCUT2D eigenvalue weighted by atomic mass is 9.82. The second-order valence-electron chi connectivity index (χ2n) is 16.6. The third-order valence-corrected chi connectivity index (χ3v) is 11.6. The number of ketones is 1. The van der Waals surface area contributed by atoms with Crippen LogP contribution in [0.15, 0.2) is 24.3 Å². The smallest absolute Gasteiger partial charge is 0.329 e. The van der Waals surface area contributed by atoms with E-state index in [-0.39, 0.29) is 25.3 Å². The highest BCUT2D eigenvalue weighted by atomic mass is 16.6. The molecule has 16 nitrogen and oxygen atoms in total. The van der Waals surface area contributed by atoms with Gasteiger partial charge in [0.25, 0.3) is 0 Å². The lowest BCUT2D eigenvalue weighted by Gasteiger charge is -2.37. The molecule has 10 atom stereocenters. The van der Waals surface area contributed by atoms with Gasteiger partial charge in [-0.3, -0.25) is 28.8 Å². The molecule has 3 aliphatic rings. The summed E-state index contributed by atoms with van der Waals surface area (Å²) in [5.74, 6) is -6.63. The van der Waals surface area contributed by atoms with Gasteiger partial charge in [0.2, 0.25) is 23.6 Å². The number of nitrogens with one attached hydrogen (secondary N) is 2. The van der Waals surface area contributed by atoms with Crippen molar-refractivity contribution in [1.82, 2.24) is 20.4 Å². The van der Waals surface area contributed by atoms with Crippen molar-refractivity contribution in [1.29, 1.82) is 0 Å². The van der Waals surface area contributed by atoms with E-state index in [2.05, 4.69) is 10.6 Å². The van der Waals surface area contributed by atoms with Crippen LogP contribution in [0.5, 0.6) is 5.75 Å². The Bertz CT molecular complexity index is 1650. The number of carbonyl (C=O) groups is 7. The first-order valence-electron chi connectivity index (χ1n) is 20.4. The summed E-state index contributed by atoms with van der Waals surface area (Å²) in [6.07, 6.45) is -0.894. The molecule has 4 rings (SSSR count). The molecule has 322 valence electrons. The molecule has 4 amide bonds. The molecule has 3 fully saturated rings. The van der Waals surface area contributed by atoms with Crippen molar-refractivity contribution >= 4 is 41.4 Å². The number of cyclic esters (lactones) is 2. The van der Waals surface area contributed by atoms with Gasteiger partial charge >= 0.3 is 11.9 Å². The van der Waals surface area contributed by atoms with Crippen LogP contribution in [0.4, 0.5) is 0 Å². The van der Waals surface area contributed by atoms with Crippen LogP contribution in [0.25, 0.3) is 0 Å². The average Bonchev–Trinajstić information content (AvgIpc) is 3.69. The summed E-state index contributed by atoms with van der Waals surface area (Å²) in [6, 6.07) is 1.74. The number of amides is 4. The van der Waals surface area contributed by atoms with Crippen LogP contribution in [-0.2, 0) is 54.2 Å². The molecule has 2 heterocycles. The van der Waals surface area contributed by atoms with Crippen LogP contribution in [-0.4, -0.2) is 127 Å². The summed E-state index contributed by atoms with van der Waals surface area (Å²) in [5.41, 5.74) is 7.08. The Hall–Kier alpha value is -4.57. The predicted octanol–water partition coefficient (Wildman–Crippen LogP) is 1.93. The first kappa shape index (κ1) is 46.1. The van der Waals surface area contributed by atoms with E-state index in [4.69, 9.17) is 24.7 Å². The Morgan fingerprint density at radius 3 is 2.12 bits per heavy atom. The maximum absolute atomic E-state index is 14.4. The molecule has 2 bridgehead atoms. The maximum Gasteiger partial charge on any atom is 0.329 e. The van der Waals surface area contributed by atoms with Crippen LogP contribution < -0.4 is 21.1 Å². The van der Waals surface area contributed by atoms with Crippen LogP contribution in [0.3, 0.4) is 0 Å². The molecule has 58 heavy (non-hydrogen) atoms. The number of methoxy groups -OCH3 is 2. The summed E-state index contributed by atoms with van der Waals surface area (Å²) < 4.78 is 22.7. The lowest BCUT2D eigenvalue weighted by molar-refractivity contribution is -0.170. The minimum Gasteiger partial charge on any atom is -0.497 e. The first-order chi connectivity index (χ1) is 27.4. The van der Waals surface area contributed by atoms with Gasteiger partial charge in [-0.15, -0.1) is 0 Å². The highest BCUT2D eigenvalue weighted by molar-refractivity contribution is 6.05. The van der Waals surface area contributed by atoms with Gasteiger partial charge in [0.15, 0.2) is 11.9 Å². The number of nitrogens with two attached hydrogens (primary N) is 1. The summed E-state index contributed by atoms with van der Waals surface area (Å²) in [5, 5.41) is 5.65. The molecule has 0 radical (unpaired) electrons. The summed E-state index contributed by atoms with van der Waals surface area (Å²) in [6.45, 7) is 10.3. The van der Waals surface area contributed by atoms with Crippen LogP contribution >= 0.6 is 0 Å². The monoisotopic (exact) mass is 813 g/mol.